The Morgan fingerprint density at radius 3 is 2.89 bits per heavy atom. The first-order valence-electron chi connectivity index (χ1n) is 5.21. The van der Waals surface area contributed by atoms with E-state index in [1.54, 1.807) is 6.92 Å². The van der Waals surface area contributed by atoms with Gasteiger partial charge >= 0.3 is 5.69 Å². The predicted molar refractivity (Wildman–Crippen MR) is 65.5 cm³/mol. The van der Waals surface area contributed by atoms with Crippen LogP contribution >= 0.6 is 11.6 Å². The van der Waals surface area contributed by atoms with E-state index in [1.807, 2.05) is 0 Å². The van der Waals surface area contributed by atoms with Crippen LogP contribution in [0.2, 0.25) is 5.15 Å². The van der Waals surface area contributed by atoms with E-state index in [4.69, 9.17) is 11.6 Å². The van der Waals surface area contributed by atoms with Gasteiger partial charge in [0.25, 0.3) is 0 Å². The molecule has 0 saturated carbocycles. The minimum Gasteiger partial charge on any atom is -0.364 e. The van der Waals surface area contributed by atoms with Crippen LogP contribution in [0, 0.1) is 10.1 Å². The lowest BCUT2D eigenvalue weighted by atomic mass is 10.4. The van der Waals surface area contributed by atoms with Gasteiger partial charge in [-0.2, -0.15) is 0 Å². The number of rotatable bonds is 6. The molecule has 0 aliphatic rings. The highest BCUT2D eigenvalue weighted by Gasteiger charge is 2.21. The van der Waals surface area contributed by atoms with Crippen molar-refractivity contribution in [1.82, 2.24) is 15.3 Å². The summed E-state index contributed by atoms with van der Waals surface area (Å²) < 4.78 is 0. The molecule has 1 aromatic heterocycles. The molecule has 98 valence electrons. The number of anilines is 1. The lowest BCUT2D eigenvalue weighted by Gasteiger charge is -2.06. The second kappa shape index (κ2) is 6.70. The Bertz CT molecular complexity index is 454. The molecule has 1 heterocycles. The van der Waals surface area contributed by atoms with E-state index >= 15 is 0 Å². The molecule has 2 N–H and O–H groups in total. The fraction of sp³-hybridized carbons (Fsp3) is 0.444. The Hall–Kier alpha value is -1.96. The molecule has 0 fully saturated rings. The standard InChI is InChI=1S/C9H12ClN5O3/c1-2-11-6(16)3-4-12-9-7(15(17)18)8(10)13-5-14-9/h5H,2-4H2,1H3,(H,11,16)(H,12,13,14). The largest absolute Gasteiger partial charge is 0.364 e. The fourth-order valence-electron chi connectivity index (χ4n) is 1.23. The van der Waals surface area contributed by atoms with Crippen LogP contribution in [0.3, 0.4) is 0 Å². The van der Waals surface area contributed by atoms with E-state index in [0.717, 1.165) is 6.33 Å². The van der Waals surface area contributed by atoms with Crippen LogP contribution in [0.4, 0.5) is 11.5 Å². The van der Waals surface area contributed by atoms with Crippen molar-refractivity contribution in [2.75, 3.05) is 18.4 Å². The van der Waals surface area contributed by atoms with Gasteiger partial charge in [0.2, 0.25) is 16.9 Å². The molecular weight excluding hydrogens is 262 g/mol. The number of carbonyl (C=O) groups is 1. The SMILES string of the molecule is CCNC(=O)CCNc1ncnc(Cl)c1[N+](=O)[O-]. The first-order valence-corrected chi connectivity index (χ1v) is 5.59. The maximum absolute atomic E-state index is 11.2. The number of aromatic nitrogens is 2. The normalized spacial score (nSPS) is 9.89. The van der Waals surface area contributed by atoms with Crippen molar-refractivity contribution >= 4 is 29.0 Å². The second-order valence-electron chi connectivity index (χ2n) is 3.25. The van der Waals surface area contributed by atoms with E-state index in [-0.39, 0.29) is 29.8 Å². The number of amides is 1. The number of nitro groups is 1. The van der Waals surface area contributed by atoms with Crippen molar-refractivity contribution < 1.29 is 9.72 Å². The zero-order valence-corrected chi connectivity index (χ0v) is 10.4. The molecule has 0 radical (unpaired) electrons. The molecule has 1 rings (SSSR count). The summed E-state index contributed by atoms with van der Waals surface area (Å²) in [5.41, 5.74) is -0.393. The van der Waals surface area contributed by atoms with Gasteiger partial charge in [0, 0.05) is 19.5 Å². The summed E-state index contributed by atoms with van der Waals surface area (Å²) in [6.07, 6.45) is 1.30. The monoisotopic (exact) mass is 273 g/mol. The van der Waals surface area contributed by atoms with Gasteiger partial charge in [-0.1, -0.05) is 11.6 Å². The molecule has 0 aromatic carbocycles. The Labute approximate surface area is 108 Å². The molecule has 0 atom stereocenters. The topological polar surface area (TPSA) is 110 Å². The number of carbonyl (C=O) groups excluding carboxylic acids is 1. The maximum atomic E-state index is 11.2. The van der Waals surface area contributed by atoms with Gasteiger partial charge in [-0.3, -0.25) is 14.9 Å². The van der Waals surface area contributed by atoms with Crippen LogP contribution < -0.4 is 10.6 Å². The lowest BCUT2D eigenvalue weighted by Crippen LogP contribution is -2.25. The quantitative estimate of drug-likeness (QED) is 0.454. The van der Waals surface area contributed by atoms with Crippen LogP contribution in [0.25, 0.3) is 0 Å². The Morgan fingerprint density at radius 1 is 1.56 bits per heavy atom. The third kappa shape index (κ3) is 3.81. The summed E-state index contributed by atoms with van der Waals surface area (Å²) in [7, 11) is 0. The molecule has 0 saturated heterocycles. The van der Waals surface area contributed by atoms with E-state index in [1.165, 1.54) is 0 Å². The fourth-order valence-corrected chi connectivity index (χ4v) is 1.43. The number of hydrogen-bond donors (Lipinski definition) is 2. The van der Waals surface area contributed by atoms with Gasteiger partial charge in [-0.05, 0) is 6.92 Å². The van der Waals surface area contributed by atoms with Gasteiger partial charge in [0.15, 0.2) is 0 Å². The van der Waals surface area contributed by atoms with Crippen LogP contribution in [0.5, 0.6) is 0 Å². The van der Waals surface area contributed by atoms with Crippen molar-refractivity contribution in [3.63, 3.8) is 0 Å². The summed E-state index contributed by atoms with van der Waals surface area (Å²) in [6.45, 7) is 2.57. The van der Waals surface area contributed by atoms with Crippen molar-refractivity contribution in [2.24, 2.45) is 0 Å². The van der Waals surface area contributed by atoms with E-state index in [0.29, 0.717) is 6.54 Å². The molecule has 1 aromatic rings. The average Bonchev–Trinajstić information content (AvgIpc) is 2.28. The van der Waals surface area contributed by atoms with E-state index in [9.17, 15) is 14.9 Å². The number of nitrogens with zero attached hydrogens (tertiary/aromatic N) is 3. The van der Waals surface area contributed by atoms with Gasteiger partial charge in [-0.25, -0.2) is 9.97 Å². The summed E-state index contributed by atoms with van der Waals surface area (Å²) >= 11 is 5.60. The first-order chi connectivity index (χ1) is 8.56. The zero-order valence-electron chi connectivity index (χ0n) is 9.64. The lowest BCUT2D eigenvalue weighted by molar-refractivity contribution is -0.384. The molecule has 9 heteroatoms. The van der Waals surface area contributed by atoms with E-state index in [2.05, 4.69) is 20.6 Å². The molecule has 0 bridgehead atoms. The third-order valence-corrected chi connectivity index (χ3v) is 2.26. The molecule has 18 heavy (non-hydrogen) atoms. The number of hydrogen-bond acceptors (Lipinski definition) is 6. The summed E-state index contributed by atoms with van der Waals surface area (Å²) in [6, 6.07) is 0. The maximum Gasteiger partial charge on any atom is 0.348 e. The highest BCUT2D eigenvalue weighted by Crippen LogP contribution is 2.27. The highest BCUT2D eigenvalue weighted by molar-refractivity contribution is 6.31. The second-order valence-corrected chi connectivity index (χ2v) is 3.61. The first kappa shape index (κ1) is 14.1. The zero-order chi connectivity index (χ0) is 13.5. The van der Waals surface area contributed by atoms with Crippen molar-refractivity contribution in [1.29, 1.82) is 0 Å². The Kier molecular flexibility index (Phi) is 5.25. The molecule has 0 unspecified atom stereocenters. The van der Waals surface area contributed by atoms with Crippen molar-refractivity contribution in [3.05, 3.63) is 21.6 Å². The van der Waals surface area contributed by atoms with Gasteiger partial charge in [0.1, 0.15) is 6.33 Å². The smallest absolute Gasteiger partial charge is 0.348 e. The van der Waals surface area contributed by atoms with Gasteiger partial charge in [0.05, 0.1) is 4.92 Å². The molecular formula is C9H12ClN5O3. The predicted octanol–water partition coefficient (Wildman–Crippen LogP) is 0.976. The van der Waals surface area contributed by atoms with Crippen molar-refractivity contribution in [3.8, 4) is 0 Å². The Balaban J connectivity index is 2.65. The molecule has 8 nitrogen and oxygen atoms in total. The van der Waals surface area contributed by atoms with Crippen LogP contribution in [-0.4, -0.2) is 33.9 Å². The summed E-state index contributed by atoms with van der Waals surface area (Å²) in [5.74, 6) is -0.142. The van der Waals surface area contributed by atoms with Crippen LogP contribution in [-0.2, 0) is 4.79 Å². The average molecular weight is 274 g/mol. The van der Waals surface area contributed by atoms with Crippen molar-refractivity contribution in [2.45, 2.75) is 13.3 Å². The van der Waals surface area contributed by atoms with E-state index < -0.39 is 10.6 Å². The minimum atomic E-state index is -0.670. The molecule has 0 spiro atoms. The summed E-state index contributed by atoms with van der Waals surface area (Å²) in [5, 5.41) is 15.8. The highest BCUT2D eigenvalue weighted by atomic mass is 35.5. The van der Waals surface area contributed by atoms with Gasteiger partial charge in [-0.15, -0.1) is 0 Å². The summed E-state index contributed by atoms with van der Waals surface area (Å²) in [4.78, 5) is 28.5. The van der Waals surface area contributed by atoms with Gasteiger partial charge < -0.3 is 10.6 Å². The molecule has 0 aliphatic carbocycles. The minimum absolute atomic E-state index is 0.00398. The molecule has 1 amide bonds. The molecule has 0 aliphatic heterocycles. The van der Waals surface area contributed by atoms with Crippen LogP contribution in [0.15, 0.2) is 6.33 Å². The number of halogens is 1. The Morgan fingerprint density at radius 2 is 2.28 bits per heavy atom. The van der Waals surface area contributed by atoms with Crippen LogP contribution in [0.1, 0.15) is 13.3 Å². The number of nitrogens with one attached hydrogen (secondary N) is 2. The third-order valence-electron chi connectivity index (χ3n) is 1.98.